The van der Waals surface area contributed by atoms with Gasteiger partial charge in [0, 0.05) is 27.6 Å². The van der Waals surface area contributed by atoms with Gasteiger partial charge in [-0.3, -0.25) is 0 Å². The van der Waals surface area contributed by atoms with Gasteiger partial charge < -0.3 is 19.4 Å². The molecule has 370 valence electrons. The molecule has 0 saturated heterocycles. The van der Waals surface area contributed by atoms with Gasteiger partial charge in [0.2, 0.25) is 0 Å². The number of fused-ring (bicyclic) bond motifs is 8. The molecule has 3 aromatic heterocycles. The number of aryl methyl sites for hydroxylation is 6. The zero-order chi connectivity index (χ0) is 49.2. The van der Waals surface area contributed by atoms with Gasteiger partial charge in [0.25, 0.3) is 0 Å². The predicted molar refractivity (Wildman–Crippen MR) is 294 cm³/mol. The van der Waals surface area contributed by atoms with Crippen molar-refractivity contribution in [3.63, 3.8) is 0 Å². The topological polar surface area (TPSA) is 75.8 Å². The van der Waals surface area contributed by atoms with Crippen molar-refractivity contribution in [2.24, 2.45) is 23.7 Å². The number of allylic oxidation sites excluding steroid dienone is 4. The molecule has 1 aromatic carbocycles. The highest BCUT2D eigenvalue weighted by Gasteiger charge is 2.27. The Hall–Kier alpha value is -4.58. The summed E-state index contributed by atoms with van der Waals surface area (Å²) >= 11 is 0. The maximum Gasteiger partial charge on any atom is 0.122 e. The molecule has 4 aromatic rings. The Bertz CT molecular complexity index is 2480. The highest BCUT2D eigenvalue weighted by molar-refractivity contribution is 5.97. The number of rotatable bonds is 24. The second-order valence-corrected chi connectivity index (χ2v) is 21.3. The molecule has 68 heavy (non-hydrogen) atoms. The zero-order valence-electron chi connectivity index (χ0n) is 45.4. The molecule has 0 fully saturated rings. The highest BCUT2D eigenvalue weighted by atomic mass is 16.5. The SMILES string of the molecule is CCC1=C(C)c2nc1cc1[nH]c(c(C)c1CC)c(CCCc1cc(OC)ccc1OC)c1[nH]c(cc3nc(c2C[C@@H](C)CCC[C@@H](C)CCC[C@H](C)CCCC(C)C)C(C)=C3CC)c(CC)c1C. The molecule has 6 rings (SSSR count). The van der Waals surface area contributed by atoms with Gasteiger partial charge in [-0.2, -0.15) is 0 Å². The lowest BCUT2D eigenvalue weighted by Crippen LogP contribution is -2.07. The van der Waals surface area contributed by atoms with E-state index in [9.17, 15) is 0 Å². The summed E-state index contributed by atoms with van der Waals surface area (Å²) in [5, 5.41) is 0. The first-order valence-corrected chi connectivity index (χ1v) is 27.1. The Balaban J connectivity index is 1.45. The number of nitrogens with one attached hydrogen (secondary N) is 2. The van der Waals surface area contributed by atoms with E-state index in [1.165, 1.54) is 141 Å². The number of nitrogens with zero attached hydrogens (tertiary/aromatic N) is 2. The summed E-state index contributed by atoms with van der Waals surface area (Å²) in [5.74, 6) is 4.73. The van der Waals surface area contributed by atoms with Crippen LogP contribution in [0.3, 0.4) is 0 Å². The second kappa shape index (κ2) is 24.3. The normalized spacial score (nSPS) is 14.4. The molecule has 5 heterocycles. The largest absolute Gasteiger partial charge is 0.497 e. The predicted octanol–water partition coefficient (Wildman–Crippen LogP) is 17.5. The molecule has 6 heteroatoms. The highest BCUT2D eigenvalue weighted by Crippen LogP contribution is 2.41. The van der Waals surface area contributed by atoms with Gasteiger partial charge in [0.15, 0.2) is 0 Å². The van der Waals surface area contributed by atoms with E-state index in [0.29, 0.717) is 5.92 Å². The van der Waals surface area contributed by atoms with Crippen LogP contribution >= 0.6 is 0 Å². The number of hydrogen-bond acceptors (Lipinski definition) is 4. The number of H-pyrrole nitrogens is 2. The fourth-order valence-electron chi connectivity index (χ4n) is 11.7. The average Bonchev–Trinajstić information content (AvgIpc) is 4.01. The standard InChI is InChI=1S/C62H90N4O2/c1-16-48-42(10)59-52(31-23-30-46-35-47(67-14)32-33-58(46)68-15)60-43(11)49(17-2)55(64-60)37-57-51(19-4)45(13)62(66-57)53(61-44(12)50(18-3)56(65-61)36-54(48)63-59)34-41(9)29-22-28-40(8)27-21-26-39(7)25-20-24-38(5)6/h32-33,35-41,63-64H,16-31,34H2,1-15H3/t39-,40+,41+/m1/s1. The summed E-state index contributed by atoms with van der Waals surface area (Å²) in [4.78, 5) is 19.5. The van der Waals surface area contributed by atoms with E-state index in [2.05, 4.69) is 118 Å². The third kappa shape index (κ3) is 12.0. The van der Waals surface area contributed by atoms with Crippen LogP contribution in [-0.2, 0) is 32.1 Å². The molecule has 3 atom stereocenters. The Labute approximate surface area is 412 Å². The number of benzene rings is 1. The fraction of sp³-hybridized carbons (Fsp3) is 0.581. The first kappa shape index (κ1) is 52.8. The molecular formula is C62H90N4O2. The number of hydrogen-bond donors (Lipinski definition) is 2. The molecule has 0 saturated carbocycles. The van der Waals surface area contributed by atoms with Gasteiger partial charge in [-0.05, 0) is 189 Å². The van der Waals surface area contributed by atoms with E-state index in [1.54, 1.807) is 14.2 Å². The van der Waals surface area contributed by atoms with E-state index in [-0.39, 0.29) is 0 Å². The van der Waals surface area contributed by atoms with E-state index >= 15 is 0 Å². The second-order valence-electron chi connectivity index (χ2n) is 21.3. The molecule has 2 aliphatic rings. The van der Waals surface area contributed by atoms with Gasteiger partial charge in [-0.15, -0.1) is 0 Å². The van der Waals surface area contributed by atoms with Gasteiger partial charge in [0.05, 0.1) is 37.0 Å². The van der Waals surface area contributed by atoms with Crippen molar-refractivity contribution >= 4 is 44.4 Å². The van der Waals surface area contributed by atoms with Crippen molar-refractivity contribution in [3.05, 3.63) is 92.1 Å². The van der Waals surface area contributed by atoms with Crippen LogP contribution in [0.2, 0.25) is 0 Å². The maximum absolute atomic E-state index is 5.82. The van der Waals surface area contributed by atoms with Crippen LogP contribution in [-0.4, -0.2) is 34.2 Å². The summed E-state index contributed by atoms with van der Waals surface area (Å²) < 4.78 is 11.5. The van der Waals surface area contributed by atoms with Crippen LogP contribution in [0.1, 0.15) is 215 Å². The number of aromatic amines is 2. The molecule has 6 nitrogen and oxygen atoms in total. The van der Waals surface area contributed by atoms with Crippen molar-refractivity contribution in [2.45, 2.75) is 199 Å². The number of ether oxygens (including phenoxy) is 2. The van der Waals surface area contributed by atoms with Crippen LogP contribution < -0.4 is 9.47 Å². The molecule has 8 bridgehead atoms. The first-order chi connectivity index (χ1) is 32.7. The van der Waals surface area contributed by atoms with E-state index < -0.39 is 0 Å². The van der Waals surface area contributed by atoms with Crippen LogP contribution in [0.4, 0.5) is 0 Å². The smallest absolute Gasteiger partial charge is 0.122 e. The van der Waals surface area contributed by atoms with E-state index in [1.807, 2.05) is 12.1 Å². The van der Waals surface area contributed by atoms with Gasteiger partial charge in [-0.25, -0.2) is 9.97 Å². The van der Waals surface area contributed by atoms with Crippen molar-refractivity contribution in [1.82, 2.24) is 19.9 Å². The lowest BCUT2D eigenvalue weighted by molar-refractivity contribution is 0.377. The molecule has 0 radical (unpaired) electrons. The molecule has 2 N–H and O–H groups in total. The molecule has 0 spiro atoms. The monoisotopic (exact) mass is 923 g/mol. The van der Waals surface area contributed by atoms with Crippen LogP contribution in [0, 0.1) is 37.5 Å². The van der Waals surface area contributed by atoms with Crippen LogP contribution in [0.15, 0.2) is 30.3 Å². The number of aromatic nitrogens is 4. The summed E-state index contributed by atoms with van der Waals surface area (Å²) in [6.07, 6.45) is 19.5. The quantitative estimate of drug-likeness (QED) is 0.0734. The fourth-order valence-corrected chi connectivity index (χ4v) is 11.7. The summed E-state index contributed by atoms with van der Waals surface area (Å²) in [7, 11) is 3.49. The lowest BCUT2D eigenvalue weighted by Gasteiger charge is -2.17. The zero-order valence-corrected chi connectivity index (χ0v) is 45.4. The van der Waals surface area contributed by atoms with Gasteiger partial charge in [0.1, 0.15) is 11.5 Å². The van der Waals surface area contributed by atoms with E-state index in [4.69, 9.17) is 19.4 Å². The minimum atomic E-state index is 0.519. The summed E-state index contributed by atoms with van der Waals surface area (Å²) in [6.45, 7) is 30.6. The molecule has 0 unspecified atom stereocenters. The van der Waals surface area contributed by atoms with Gasteiger partial charge >= 0.3 is 0 Å². The average molecular weight is 923 g/mol. The first-order valence-electron chi connectivity index (χ1n) is 27.1. The third-order valence-corrected chi connectivity index (χ3v) is 15.9. The third-order valence-electron chi connectivity index (χ3n) is 15.9. The Morgan fingerprint density at radius 2 is 1.00 bits per heavy atom. The summed E-state index contributed by atoms with van der Waals surface area (Å²) in [5.41, 5.74) is 23.7. The molecule has 0 aliphatic carbocycles. The van der Waals surface area contributed by atoms with Crippen molar-refractivity contribution < 1.29 is 9.47 Å². The van der Waals surface area contributed by atoms with Crippen molar-refractivity contribution in [2.75, 3.05) is 14.2 Å². The van der Waals surface area contributed by atoms with Crippen LogP contribution in [0.5, 0.6) is 11.5 Å². The van der Waals surface area contributed by atoms with E-state index in [0.717, 1.165) is 103 Å². The summed E-state index contributed by atoms with van der Waals surface area (Å²) in [6, 6.07) is 10.9. The van der Waals surface area contributed by atoms with Crippen molar-refractivity contribution in [3.8, 4) is 11.5 Å². The Morgan fingerprint density at radius 3 is 1.44 bits per heavy atom. The molecular weight excluding hydrogens is 833 g/mol. The van der Waals surface area contributed by atoms with Gasteiger partial charge in [-0.1, -0.05) is 120 Å². The number of methoxy groups -OCH3 is 2. The van der Waals surface area contributed by atoms with Crippen LogP contribution in [0.25, 0.3) is 44.4 Å². The maximum atomic E-state index is 5.82. The molecule has 0 amide bonds. The van der Waals surface area contributed by atoms with Crippen molar-refractivity contribution in [1.29, 1.82) is 0 Å². The minimum absolute atomic E-state index is 0.519. The molecule has 2 aliphatic heterocycles. The lowest BCUT2D eigenvalue weighted by atomic mass is 9.88. The Kier molecular flexibility index (Phi) is 18.9. The minimum Gasteiger partial charge on any atom is -0.497 e. The Morgan fingerprint density at radius 1 is 0.515 bits per heavy atom.